The Morgan fingerprint density at radius 1 is 1.33 bits per heavy atom. The van der Waals surface area contributed by atoms with Gasteiger partial charge >= 0.3 is 0 Å². The van der Waals surface area contributed by atoms with E-state index in [-0.39, 0.29) is 11.4 Å². The highest BCUT2D eigenvalue weighted by atomic mass is 16.2. The summed E-state index contributed by atoms with van der Waals surface area (Å²) in [7, 11) is 0. The Morgan fingerprint density at radius 2 is 2.06 bits per heavy atom. The van der Waals surface area contributed by atoms with Crippen molar-refractivity contribution in [1.82, 2.24) is 10.2 Å². The van der Waals surface area contributed by atoms with Gasteiger partial charge in [-0.3, -0.25) is 4.79 Å². The molecule has 18 heavy (non-hydrogen) atoms. The third-order valence-corrected chi connectivity index (χ3v) is 3.57. The van der Waals surface area contributed by atoms with Crippen molar-refractivity contribution in [2.45, 2.75) is 32.2 Å². The van der Waals surface area contributed by atoms with Crippen LogP contribution in [0.3, 0.4) is 0 Å². The fourth-order valence-corrected chi connectivity index (χ4v) is 2.48. The molecule has 1 fully saturated rings. The Bertz CT molecular complexity index is 400. The number of carbonyl (C=O) groups excluding carboxylic acids is 1. The zero-order valence-corrected chi connectivity index (χ0v) is 11.3. The average molecular weight is 246 g/mol. The molecular formula is C15H22N2O. The summed E-state index contributed by atoms with van der Waals surface area (Å²) in [6.07, 6.45) is 1.44. The maximum absolute atomic E-state index is 12.3. The molecule has 3 nitrogen and oxygen atoms in total. The van der Waals surface area contributed by atoms with Gasteiger partial charge in [0.05, 0.1) is 0 Å². The second-order valence-electron chi connectivity index (χ2n) is 5.52. The molecular weight excluding hydrogens is 224 g/mol. The van der Waals surface area contributed by atoms with E-state index in [0.717, 1.165) is 26.1 Å². The summed E-state index contributed by atoms with van der Waals surface area (Å²) in [4.78, 5) is 14.3. The number of hydrogen-bond acceptors (Lipinski definition) is 2. The van der Waals surface area contributed by atoms with E-state index in [2.05, 4.69) is 31.3 Å². The summed E-state index contributed by atoms with van der Waals surface area (Å²) in [6, 6.07) is 10.2. The van der Waals surface area contributed by atoms with Crippen molar-refractivity contribution in [3.05, 3.63) is 35.9 Å². The summed E-state index contributed by atoms with van der Waals surface area (Å²) < 4.78 is 0. The first-order valence-electron chi connectivity index (χ1n) is 6.65. The largest absolute Gasteiger partial charge is 0.335 e. The Hall–Kier alpha value is -1.35. The zero-order valence-electron chi connectivity index (χ0n) is 11.3. The van der Waals surface area contributed by atoms with E-state index in [0.29, 0.717) is 6.42 Å². The molecule has 1 heterocycles. The van der Waals surface area contributed by atoms with Crippen molar-refractivity contribution < 1.29 is 4.79 Å². The van der Waals surface area contributed by atoms with E-state index in [4.69, 9.17) is 0 Å². The van der Waals surface area contributed by atoms with Crippen LogP contribution in [0.5, 0.6) is 0 Å². The number of nitrogens with zero attached hydrogens (tertiary/aromatic N) is 1. The fraction of sp³-hybridized carbons (Fsp3) is 0.533. The van der Waals surface area contributed by atoms with Crippen molar-refractivity contribution in [2.75, 3.05) is 19.6 Å². The Kier molecular flexibility index (Phi) is 4.02. The van der Waals surface area contributed by atoms with Crippen molar-refractivity contribution in [3.8, 4) is 0 Å². The second-order valence-corrected chi connectivity index (χ2v) is 5.52. The number of carbonyl (C=O) groups is 1. The Morgan fingerprint density at radius 3 is 2.72 bits per heavy atom. The molecule has 1 aliphatic rings. The molecule has 1 aromatic carbocycles. The van der Waals surface area contributed by atoms with Crippen molar-refractivity contribution in [2.24, 2.45) is 0 Å². The van der Waals surface area contributed by atoms with E-state index in [1.165, 1.54) is 5.56 Å². The van der Waals surface area contributed by atoms with Gasteiger partial charge in [0.25, 0.3) is 0 Å². The summed E-state index contributed by atoms with van der Waals surface area (Å²) in [6.45, 7) is 6.85. The first-order valence-corrected chi connectivity index (χ1v) is 6.65. The summed E-state index contributed by atoms with van der Waals surface area (Å²) in [5.41, 5.74) is 1.17. The number of rotatable bonds is 3. The van der Waals surface area contributed by atoms with Crippen LogP contribution in [0.2, 0.25) is 0 Å². The highest BCUT2D eigenvalue weighted by Gasteiger charge is 2.32. The number of nitrogens with one attached hydrogen (secondary N) is 1. The van der Waals surface area contributed by atoms with Crippen LogP contribution in [0.1, 0.15) is 25.8 Å². The van der Waals surface area contributed by atoms with Crippen LogP contribution in [-0.4, -0.2) is 36.0 Å². The predicted molar refractivity (Wildman–Crippen MR) is 73.4 cm³/mol. The van der Waals surface area contributed by atoms with Gasteiger partial charge in [0, 0.05) is 31.6 Å². The molecule has 0 saturated carbocycles. The molecule has 0 aromatic heterocycles. The topological polar surface area (TPSA) is 32.3 Å². The lowest BCUT2D eigenvalue weighted by atomic mass is 9.99. The lowest BCUT2D eigenvalue weighted by Crippen LogP contribution is -2.59. The molecule has 0 unspecified atom stereocenters. The fourth-order valence-electron chi connectivity index (χ4n) is 2.48. The monoisotopic (exact) mass is 246 g/mol. The van der Waals surface area contributed by atoms with E-state index in [1.807, 2.05) is 23.1 Å². The van der Waals surface area contributed by atoms with Gasteiger partial charge in [0.15, 0.2) is 0 Å². The predicted octanol–water partition coefficient (Wildman–Crippen LogP) is 1.83. The quantitative estimate of drug-likeness (QED) is 0.882. The average Bonchev–Trinajstić information content (AvgIpc) is 2.37. The maximum atomic E-state index is 12.3. The molecule has 1 saturated heterocycles. The molecule has 0 aliphatic carbocycles. The minimum absolute atomic E-state index is 0.0635. The molecule has 2 rings (SSSR count). The molecule has 1 aliphatic heterocycles. The van der Waals surface area contributed by atoms with E-state index < -0.39 is 0 Å². The zero-order chi connectivity index (χ0) is 13.0. The minimum Gasteiger partial charge on any atom is -0.335 e. The molecule has 1 amide bonds. The lowest BCUT2D eigenvalue weighted by molar-refractivity contribution is -0.137. The third-order valence-electron chi connectivity index (χ3n) is 3.57. The van der Waals surface area contributed by atoms with E-state index in [1.54, 1.807) is 0 Å². The van der Waals surface area contributed by atoms with Gasteiger partial charge in [-0.2, -0.15) is 0 Å². The minimum atomic E-state index is -0.0635. The first kappa shape index (κ1) is 13.1. The van der Waals surface area contributed by atoms with Gasteiger partial charge in [0.2, 0.25) is 5.91 Å². The van der Waals surface area contributed by atoms with Crippen molar-refractivity contribution in [1.29, 1.82) is 0 Å². The van der Waals surface area contributed by atoms with Crippen LogP contribution in [0.25, 0.3) is 0 Å². The van der Waals surface area contributed by atoms with Crippen LogP contribution in [0.15, 0.2) is 30.3 Å². The molecule has 3 heteroatoms. The summed E-state index contributed by atoms with van der Waals surface area (Å²) >= 11 is 0. The first-order chi connectivity index (χ1) is 8.59. The summed E-state index contributed by atoms with van der Waals surface area (Å²) in [5.74, 6) is 0.269. The van der Waals surface area contributed by atoms with Gasteiger partial charge < -0.3 is 10.2 Å². The van der Waals surface area contributed by atoms with Crippen LogP contribution in [0.4, 0.5) is 0 Å². The standard InChI is InChI=1S/C15H22N2O/c1-15(2)12-16-10-11-17(15)14(18)9-8-13-6-4-3-5-7-13/h3-7,16H,8-12H2,1-2H3. The highest BCUT2D eigenvalue weighted by Crippen LogP contribution is 2.18. The van der Waals surface area contributed by atoms with Crippen molar-refractivity contribution >= 4 is 5.91 Å². The second kappa shape index (κ2) is 5.53. The molecule has 1 aromatic rings. The van der Waals surface area contributed by atoms with Crippen LogP contribution in [-0.2, 0) is 11.2 Å². The molecule has 0 spiro atoms. The maximum Gasteiger partial charge on any atom is 0.223 e. The van der Waals surface area contributed by atoms with Crippen LogP contribution in [0, 0.1) is 0 Å². The van der Waals surface area contributed by atoms with Gasteiger partial charge in [0.1, 0.15) is 0 Å². The van der Waals surface area contributed by atoms with E-state index >= 15 is 0 Å². The highest BCUT2D eigenvalue weighted by molar-refractivity contribution is 5.77. The Labute approximate surface area is 109 Å². The van der Waals surface area contributed by atoms with Crippen LogP contribution >= 0.6 is 0 Å². The lowest BCUT2D eigenvalue weighted by Gasteiger charge is -2.43. The molecule has 0 bridgehead atoms. The number of piperazine rings is 1. The Balaban J connectivity index is 1.91. The normalized spacial score (nSPS) is 18.7. The molecule has 0 atom stereocenters. The van der Waals surface area contributed by atoms with Crippen molar-refractivity contribution in [3.63, 3.8) is 0 Å². The molecule has 1 N–H and O–H groups in total. The van der Waals surface area contributed by atoms with Crippen LogP contribution < -0.4 is 5.32 Å². The van der Waals surface area contributed by atoms with Gasteiger partial charge in [-0.15, -0.1) is 0 Å². The number of amides is 1. The van der Waals surface area contributed by atoms with Gasteiger partial charge in [-0.25, -0.2) is 0 Å². The smallest absolute Gasteiger partial charge is 0.223 e. The van der Waals surface area contributed by atoms with E-state index in [9.17, 15) is 4.79 Å². The number of benzene rings is 1. The summed E-state index contributed by atoms with van der Waals surface area (Å²) in [5, 5.41) is 3.34. The van der Waals surface area contributed by atoms with Gasteiger partial charge in [-0.1, -0.05) is 30.3 Å². The molecule has 0 radical (unpaired) electrons. The third kappa shape index (κ3) is 3.10. The SMILES string of the molecule is CC1(C)CNCCN1C(=O)CCc1ccccc1. The number of aryl methyl sites for hydroxylation is 1. The molecule has 98 valence electrons. The number of hydrogen-bond donors (Lipinski definition) is 1. The van der Waals surface area contributed by atoms with Gasteiger partial charge in [-0.05, 0) is 25.8 Å².